The number of carboxylic acid groups (broad SMARTS) is 1. The van der Waals surface area contributed by atoms with Gasteiger partial charge in [-0.15, -0.1) is 0 Å². The van der Waals surface area contributed by atoms with Crippen LogP contribution in [0.2, 0.25) is 0 Å². The van der Waals surface area contributed by atoms with Crippen LogP contribution in [0.25, 0.3) is 0 Å². The molecule has 0 aliphatic heterocycles. The Morgan fingerprint density at radius 3 is 2.25 bits per heavy atom. The second-order valence-corrected chi connectivity index (χ2v) is 10.0. The van der Waals surface area contributed by atoms with Crippen molar-refractivity contribution >= 4 is 21.7 Å². The van der Waals surface area contributed by atoms with Crippen LogP contribution in [0.15, 0.2) is 0 Å². The Morgan fingerprint density at radius 1 is 1.29 bits per heavy atom. The van der Waals surface area contributed by atoms with Gasteiger partial charge in [0.1, 0.15) is 15.4 Å². The number of carboxylic acids is 1. The number of aliphatic carboxylic acids is 1. The lowest BCUT2D eigenvalue weighted by Gasteiger charge is -2.58. The van der Waals surface area contributed by atoms with Gasteiger partial charge in [0.2, 0.25) is 5.91 Å². The van der Waals surface area contributed by atoms with Gasteiger partial charge in [-0.3, -0.25) is 4.79 Å². The Kier molecular flexibility index (Phi) is 4.78. The van der Waals surface area contributed by atoms with Crippen molar-refractivity contribution in [1.29, 1.82) is 0 Å². The Labute approximate surface area is 143 Å². The molecule has 0 spiro atoms. The molecule has 2 fully saturated rings. The molecule has 0 radical (unpaired) electrons. The summed E-state index contributed by atoms with van der Waals surface area (Å²) in [5.74, 6) is -1.51. The molecular weight excluding hydrogens is 334 g/mol. The first kappa shape index (κ1) is 19.2. The van der Waals surface area contributed by atoms with E-state index in [1.807, 2.05) is 6.92 Å². The van der Waals surface area contributed by atoms with E-state index in [9.17, 15) is 23.1 Å². The molecule has 2 saturated carbocycles. The van der Waals surface area contributed by atoms with Crippen LogP contribution in [0.1, 0.15) is 46.5 Å². The summed E-state index contributed by atoms with van der Waals surface area (Å²) in [6, 6.07) is 0. The summed E-state index contributed by atoms with van der Waals surface area (Å²) in [5.41, 5.74) is -2.63. The highest BCUT2D eigenvalue weighted by Gasteiger charge is 2.66. The number of rotatable bonds is 8. The van der Waals surface area contributed by atoms with Crippen molar-refractivity contribution in [3.63, 3.8) is 0 Å². The Balaban J connectivity index is 2.08. The minimum Gasteiger partial charge on any atom is -0.479 e. The van der Waals surface area contributed by atoms with Gasteiger partial charge in [0.15, 0.2) is 0 Å². The first-order chi connectivity index (χ1) is 10.9. The predicted octanol–water partition coefficient (Wildman–Crippen LogP) is 0.976. The van der Waals surface area contributed by atoms with Crippen molar-refractivity contribution in [2.75, 3.05) is 18.6 Å². The minimum absolute atomic E-state index is 0.0293. The number of carbonyl (C=O) groups excluding carboxylic acids is 1. The van der Waals surface area contributed by atoms with E-state index in [4.69, 9.17) is 4.74 Å². The van der Waals surface area contributed by atoms with Crippen molar-refractivity contribution < 1.29 is 27.9 Å². The second-order valence-electron chi connectivity index (χ2n) is 7.88. The van der Waals surface area contributed by atoms with Crippen LogP contribution < -0.4 is 5.32 Å². The molecule has 2 aliphatic carbocycles. The van der Waals surface area contributed by atoms with Crippen molar-refractivity contribution in [2.45, 2.75) is 58.1 Å². The highest BCUT2D eigenvalue weighted by atomic mass is 32.2. The van der Waals surface area contributed by atoms with Gasteiger partial charge in [0, 0.05) is 31.1 Å². The van der Waals surface area contributed by atoms with Crippen LogP contribution in [-0.2, 0) is 24.2 Å². The summed E-state index contributed by atoms with van der Waals surface area (Å²) in [6.07, 6.45) is 2.55. The molecule has 7 nitrogen and oxygen atoms in total. The molecule has 0 bridgehead atoms. The third-order valence-electron chi connectivity index (χ3n) is 5.54. The average molecular weight is 361 g/mol. The molecule has 0 aromatic rings. The van der Waals surface area contributed by atoms with Crippen LogP contribution in [0.3, 0.4) is 0 Å². The van der Waals surface area contributed by atoms with E-state index >= 15 is 0 Å². The molecule has 2 N–H and O–H groups in total. The normalized spacial score (nSPS) is 30.2. The number of carbonyl (C=O) groups is 2. The van der Waals surface area contributed by atoms with Gasteiger partial charge < -0.3 is 15.2 Å². The van der Waals surface area contributed by atoms with E-state index in [0.717, 1.165) is 6.26 Å². The summed E-state index contributed by atoms with van der Waals surface area (Å²) < 4.78 is 28.6. The van der Waals surface area contributed by atoms with Gasteiger partial charge in [-0.2, -0.15) is 0 Å². The largest absolute Gasteiger partial charge is 0.479 e. The molecule has 24 heavy (non-hydrogen) atoms. The second kappa shape index (κ2) is 5.98. The maximum atomic E-state index is 12.4. The lowest BCUT2D eigenvalue weighted by atomic mass is 9.54. The van der Waals surface area contributed by atoms with Crippen LogP contribution in [0.5, 0.6) is 0 Å². The van der Waals surface area contributed by atoms with Crippen molar-refractivity contribution in [3.05, 3.63) is 0 Å². The Morgan fingerprint density at radius 2 is 1.88 bits per heavy atom. The number of hydrogen-bond donors (Lipinski definition) is 2. The average Bonchev–Trinajstić information content (AvgIpc) is 3.13. The van der Waals surface area contributed by atoms with Gasteiger partial charge in [-0.1, -0.05) is 13.8 Å². The summed E-state index contributed by atoms with van der Waals surface area (Å²) in [4.78, 5) is 24.3. The van der Waals surface area contributed by atoms with Gasteiger partial charge in [-0.25, -0.2) is 13.2 Å². The Hall–Kier alpha value is -1.15. The van der Waals surface area contributed by atoms with E-state index in [-0.39, 0.29) is 24.7 Å². The molecule has 2 aliphatic rings. The maximum absolute atomic E-state index is 12.4. The number of hydrogen-bond acceptors (Lipinski definition) is 5. The monoisotopic (exact) mass is 361 g/mol. The lowest BCUT2D eigenvalue weighted by molar-refractivity contribution is -0.194. The zero-order valence-corrected chi connectivity index (χ0v) is 15.5. The highest BCUT2D eigenvalue weighted by molar-refractivity contribution is 7.90. The lowest BCUT2D eigenvalue weighted by Crippen LogP contribution is -2.76. The van der Waals surface area contributed by atoms with Gasteiger partial charge in [0.25, 0.3) is 0 Å². The van der Waals surface area contributed by atoms with E-state index in [2.05, 4.69) is 5.32 Å². The predicted molar refractivity (Wildman–Crippen MR) is 88.3 cm³/mol. The van der Waals surface area contributed by atoms with Gasteiger partial charge in [-0.05, 0) is 25.2 Å². The molecule has 0 heterocycles. The zero-order chi connectivity index (χ0) is 18.4. The van der Waals surface area contributed by atoms with E-state index in [1.54, 1.807) is 13.8 Å². The molecule has 1 amide bonds. The fourth-order valence-corrected chi connectivity index (χ4v) is 5.27. The molecule has 0 aromatic heterocycles. The third kappa shape index (κ3) is 3.44. The zero-order valence-electron chi connectivity index (χ0n) is 14.7. The van der Waals surface area contributed by atoms with Crippen LogP contribution in [0.4, 0.5) is 0 Å². The third-order valence-corrected chi connectivity index (χ3v) is 6.68. The minimum atomic E-state index is -3.17. The van der Waals surface area contributed by atoms with Crippen molar-refractivity contribution in [2.24, 2.45) is 10.8 Å². The summed E-state index contributed by atoms with van der Waals surface area (Å²) >= 11 is 0. The van der Waals surface area contributed by atoms with Crippen LogP contribution >= 0.6 is 0 Å². The van der Waals surface area contributed by atoms with Crippen molar-refractivity contribution in [3.8, 4) is 0 Å². The molecule has 0 saturated heterocycles. The summed E-state index contributed by atoms with van der Waals surface area (Å²) in [5, 5.41) is 12.4. The molecule has 2 unspecified atom stereocenters. The smallest absolute Gasteiger partial charge is 0.330 e. The number of nitrogens with one attached hydrogen (secondary N) is 1. The molecule has 2 rings (SSSR count). The standard InChI is InChI=1S/C16H27NO6S/c1-5-23-11-8-16(13(19)20,14(11,2)3)17-12(18)9-15(6-7-15)10-24(4,21)22/h11H,5-10H2,1-4H3,(H,17,18)(H,19,20). The summed E-state index contributed by atoms with van der Waals surface area (Å²) in [7, 11) is -3.17. The quantitative estimate of drug-likeness (QED) is 0.667. The SMILES string of the molecule is CCOC1CC(NC(=O)CC2(CS(C)(=O)=O)CC2)(C(=O)O)C1(C)C. The van der Waals surface area contributed by atoms with E-state index in [0.29, 0.717) is 19.4 Å². The van der Waals surface area contributed by atoms with Gasteiger partial charge in [0.05, 0.1) is 11.9 Å². The topological polar surface area (TPSA) is 110 Å². The number of sulfone groups is 1. The van der Waals surface area contributed by atoms with Crippen molar-refractivity contribution in [1.82, 2.24) is 5.32 Å². The van der Waals surface area contributed by atoms with Crippen LogP contribution in [0, 0.1) is 10.8 Å². The molecule has 0 aromatic carbocycles. The molecule has 138 valence electrons. The fourth-order valence-electron chi connectivity index (χ4n) is 3.76. The maximum Gasteiger partial charge on any atom is 0.330 e. The molecule has 8 heteroatoms. The highest BCUT2D eigenvalue weighted by Crippen LogP contribution is 2.53. The summed E-state index contributed by atoms with van der Waals surface area (Å²) in [6.45, 7) is 5.87. The van der Waals surface area contributed by atoms with E-state index < -0.39 is 38.1 Å². The first-order valence-corrected chi connectivity index (χ1v) is 10.3. The van der Waals surface area contributed by atoms with E-state index in [1.165, 1.54) is 0 Å². The number of amides is 1. The molecular formula is C16H27NO6S. The van der Waals surface area contributed by atoms with Gasteiger partial charge >= 0.3 is 5.97 Å². The number of ether oxygens (including phenoxy) is 1. The Bertz CT molecular complexity index is 637. The van der Waals surface area contributed by atoms with Crippen LogP contribution in [-0.4, -0.2) is 55.7 Å². The first-order valence-electron chi connectivity index (χ1n) is 8.21. The molecule has 2 atom stereocenters. The fraction of sp³-hybridized carbons (Fsp3) is 0.875.